The number of hydrogen-bond donors (Lipinski definition) is 2. The topological polar surface area (TPSA) is 73.1 Å². The molecule has 20 heavy (non-hydrogen) atoms. The Morgan fingerprint density at radius 1 is 1.30 bits per heavy atom. The van der Waals surface area contributed by atoms with E-state index in [4.69, 9.17) is 5.26 Å². The molecule has 1 aromatic rings. The van der Waals surface area contributed by atoms with Gasteiger partial charge in [-0.1, -0.05) is 12.8 Å². The Balaban J connectivity index is 2.19. The van der Waals surface area contributed by atoms with E-state index in [1.165, 1.54) is 0 Å². The monoisotopic (exact) mass is 280 g/mol. The van der Waals surface area contributed by atoms with E-state index in [1.807, 2.05) is 0 Å². The van der Waals surface area contributed by atoms with Crippen LogP contribution in [0.15, 0.2) is 12.1 Å². The van der Waals surface area contributed by atoms with Crippen molar-refractivity contribution in [2.75, 3.05) is 0 Å². The first kappa shape index (κ1) is 14.4. The average Bonchev–Trinajstić information content (AvgIpc) is 2.40. The summed E-state index contributed by atoms with van der Waals surface area (Å²) in [7, 11) is 0. The number of nitrogens with zero attached hydrogens (tertiary/aromatic N) is 1. The largest absolute Gasteiger partial charge is 0.391 e. The lowest BCUT2D eigenvalue weighted by molar-refractivity contribution is 0.0711. The maximum Gasteiger partial charge on any atom is 0.257 e. The molecule has 2 N–H and O–H groups in total. The van der Waals surface area contributed by atoms with E-state index in [2.05, 4.69) is 5.32 Å². The van der Waals surface area contributed by atoms with E-state index in [0.717, 1.165) is 25.0 Å². The first-order chi connectivity index (χ1) is 9.52. The fraction of sp³-hybridized carbons (Fsp3) is 0.429. The Kier molecular flexibility index (Phi) is 4.30. The number of rotatable bonds is 2. The second-order valence-corrected chi connectivity index (χ2v) is 4.86. The Morgan fingerprint density at radius 2 is 1.90 bits per heavy atom. The molecule has 2 atom stereocenters. The minimum absolute atomic E-state index is 0.186. The predicted molar refractivity (Wildman–Crippen MR) is 66.8 cm³/mol. The minimum atomic E-state index is -1.08. The van der Waals surface area contributed by atoms with Crippen molar-refractivity contribution < 1.29 is 18.7 Å². The van der Waals surface area contributed by atoms with E-state index in [9.17, 15) is 18.7 Å². The Hall–Kier alpha value is -2.00. The smallest absolute Gasteiger partial charge is 0.257 e. The van der Waals surface area contributed by atoms with Crippen molar-refractivity contribution in [1.29, 1.82) is 5.26 Å². The summed E-state index contributed by atoms with van der Waals surface area (Å²) in [6.45, 7) is 0. The molecule has 0 aromatic heterocycles. The summed E-state index contributed by atoms with van der Waals surface area (Å²) < 4.78 is 27.4. The molecule has 0 saturated heterocycles. The van der Waals surface area contributed by atoms with Crippen LogP contribution in [0.2, 0.25) is 0 Å². The number of aliphatic hydroxyl groups is 1. The molecule has 106 valence electrons. The molecule has 2 unspecified atom stereocenters. The van der Waals surface area contributed by atoms with Crippen LogP contribution in [0.5, 0.6) is 0 Å². The fourth-order valence-electron chi connectivity index (χ4n) is 2.37. The SMILES string of the molecule is N#Cc1cc(F)c(C(=O)NC2CCCCC2O)c(F)c1. The van der Waals surface area contributed by atoms with Crippen LogP contribution < -0.4 is 5.32 Å². The van der Waals surface area contributed by atoms with E-state index >= 15 is 0 Å². The van der Waals surface area contributed by atoms with Crippen molar-refractivity contribution >= 4 is 5.91 Å². The van der Waals surface area contributed by atoms with Gasteiger partial charge in [-0.05, 0) is 25.0 Å². The molecule has 0 aliphatic heterocycles. The quantitative estimate of drug-likeness (QED) is 0.868. The Labute approximate surface area is 115 Å². The number of carbonyl (C=O) groups excluding carboxylic acids is 1. The van der Waals surface area contributed by atoms with Gasteiger partial charge in [0.15, 0.2) is 0 Å². The van der Waals surface area contributed by atoms with Crippen LogP contribution in [-0.4, -0.2) is 23.2 Å². The van der Waals surface area contributed by atoms with Crippen LogP contribution in [0.4, 0.5) is 8.78 Å². The highest BCUT2D eigenvalue weighted by molar-refractivity contribution is 5.95. The molecule has 1 aromatic carbocycles. The van der Waals surface area contributed by atoms with Crippen molar-refractivity contribution in [1.82, 2.24) is 5.32 Å². The molecule has 1 saturated carbocycles. The number of nitrogens with one attached hydrogen (secondary N) is 1. The van der Waals surface area contributed by atoms with Gasteiger partial charge in [0.1, 0.15) is 17.2 Å². The van der Waals surface area contributed by atoms with Crippen LogP contribution in [0.1, 0.15) is 41.6 Å². The van der Waals surface area contributed by atoms with Crippen molar-refractivity contribution in [3.05, 3.63) is 34.9 Å². The number of carbonyl (C=O) groups is 1. The van der Waals surface area contributed by atoms with Gasteiger partial charge in [-0.3, -0.25) is 4.79 Å². The van der Waals surface area contributed by atoms with Crippen molar-refractivity contribution in [2.24, 2.45) is 0 Å². The molecule has 0 spiro atoms. The maximum absolute atomic E-state index is 13.7. The van der Waals surface area contributed by atoms with E-state index in [1.54, 1.807) is 6.07 Å². The maximum atomic E-state index is 13.7. The first-order valence-corrected chi connectivity index (χ1v) is 6.41. The number of benzene rings is 1. The van der Waals surface area contributed by atoms with E-state index < -0.39 is 35.3 Å². The van der Waals surface area contributed by atoms with Gasteiger partial charge in [-0.25, -0.2) is 8.78 Å². The Bertz CT molecular complexity index is 546. The van der Waals surface area contributed by atoms with Gasteiger partial charge in [0.2, 0.25) is 0 Å². The third-order valence-corrected chi connectivity index (χ3v) is 3.44. The number of halogens is 2. The molecule has 2 rings (SSSR count). The number of amides is 1. The van der Waals surface area contributed by atoms with Crippen LogP contribution in [0, 0.1) is 23.0 Å². The van der Waals surface area contributed by atoms with Gasteiger partial charge in [0.05, 0.1) is 23.8 Å². The normalized spacial score (nSPS) is 22.1. The van der Waals surface area contributed by atoms with Gasteiger partial charge in [0.25, 0.3) is 5.91 Å². The van der Waals surface area contributed by atoms with Crippen molar-refractivity contribution in [3.63, 3.8) is 0 Å². The lowest BCUT2D eigenvalue weighted by Crippen LogP contribution is -2.45. The molecule has 0 heterocycles. The van der Waals surface area contributed by atoms with Gasteiger partial charge >= 0.3 is 0 Å². The molecule has 1 fully saturated rings. The zero-order valence-corrected chi connectivity index (χ0v) is 10.7. The molecule has 4 nitrogen and oxygen atoms in total. The van der Waals surface area contributed by atoms with Gasteiger partial charge in [-0.2, -0.15) is 5.26 Å². The number of nitriles is 1. The van der Waals surface area contributed by atoms with Crippen molar-refractivity contribution in [3.8, 4) is 6.07 Å². The van der Waals surface area contributed by atoms with Crippen LogP contribution >= 0.6 is 0 Å². The summed E-state index contributed by atoms with van der Waals surface area (Å²) in [5.74, 6) is -3.07. The molecule has 0 bridgehead atoms. The fourth-order valence-corrected chi connectivity index (χ4v) is 2.37. The molecular weight excluding hydrogens is 266 g/mol. The Morgan fingerprint density at radius 3 is 2.45 bits per heavy atom. The molecule has 6 heteroatoms. The number of hydrogen-bond acceptors (Lipinski definition) is 3. The lowest BCUT2D eigenvalue weighted by atomic mass is 9.92. The van der Waals surface area contributed by atoms with Gasteiger partial charge < -0.3 is 10.4 Å². The summed E-state index contributed by atoms with van der Waals surface area (Å²) in [6, 6.07) is 2.75. The van der Waals surface area contributed by atoms with Gasteiger partial charge in [0, 0.05) is 0 Å². The third-order valence-electron chi connectivity index (χ3n) is 3.44. The van der Waals surface area contributed by atoms with E-state index in [-0.39, 0.29) is 5.56 Å². The highest BCUT2D eigenvalue weighted by atomic mass is 19.1. The molecule has 1 amide bonds. The second kappa shape index (κ2) is 5.97. The zero-order valence-electron chi connectivity index (χ0n) is 10.7. The lowest BCUT2D eigenvalue weighted by Gasteiger charge is -2.28. The average molecular weight is 280 g/mol. The number of aliphatic hydroxyl groups excluding tert-OH is 1. The standard InChI is InChI=1S/C14H14F2N2O2/c15-9-5-8(7-17)6-10(16)13(9)14(20)18-11-3-1-2-4-12(11)19/h5-6,11-12,19H,1-4H2,(H,18,20). The molecular formula is C14H14F2N2O2. The molecule has 0 radical (unpaired) electrons. The van der Waals surface area contributed by atoms with Gasteiger partial charge in [-0.15, -0.1) is 0 Å². The summed E-state index contributed by atoms with van der Waals surface area (Å²) in [4.78, 5) is 11.9. The second-order valence-electron chi connectivity index (χ2n) is 4.86. The third kappa shape index (κ3) is 2.94. The van der Waals surface area contributed by atoms with E-state index in [0.29, 0.717) is 12.8 Å². The predicted octanol–water partition coefficient (Wildman–Crippen LogP) is 1.87. The molecule has 1 aliphatic rings. The van der Waals surface area contributed by atoms with Crippen LogP contribution in [0.3, 0.4) is 0 Å². The van der Waals surface area contributed by atoms with Crippen molar-refractivity contribution in [2.45, 2.75) is 37.8 Å². The summed E-state index contributed by atoms with van der Waals surface area (Å²) >= 11 is 0. The molecule has 1 aliphatic carbocycles. The summed E-state index contributed by atoms with van der Waals surface area (Å²) in [6.07, 6.45) is 2.15. The minimum Gasteiger partial charge on any atom is -0.391 e. The highest BCUT2D eigenvalue weighted by Gasteiger charge is 2.27. The zero-order chi connectivity index (χ0) is 14.7. The summed E-state index contributed by atoms with van der Waals surface area (Å²) in [5.41, 5.74) is -0.906. The summed E-state index contributed by atoms with van der Waals surface area (Å²) in [5, 5.41) is 20.8. The van der Waals surface area contributed by atoms with Crippen LogP contribution in [0.25, 0.3) is 0 Å². The first-order valence-electron chi connectivity index (χ1n) is 6.41. The highest BCUT2D eigenvalue weighted by Crippen LogP contribution is 2.20. The van der Waals surface area contributed by atoms with Crippen LogP contribution in [-0.2, 0) is 0 Å².